The van der Waals surface area contributed by atoms with E-state index in [-0.39, 0.29) is 19.0 Å². The summed E-state index contributed by atoms with van der Waals surface area (Å²) in [5.74, 6) is 0.260. The highest BCUT2D eigenvalue weighted by molar-refractivity contribution is 5.35. The van der Waals surface area contributed by atoms with Crippen LogP contribution in [-0.2, 0) is 12.8 Å². The molecule has 0 saturated carbocycles. The summed E-state index contributed by atoms with van der Waals surface area (Å²) in [6.07, 6.45) is 3.02. The zero-order chi connectivity index (χ0) is 11.1. The summed E-state index contributed by atoms with van der Waals surface area (Å²) < 4.78 is 0. The van der Waals surface area contributed by atoms with Gasteiger partial charge >= 0.3 is 0 Å². The first-order chi connectivity index (χ1) is 7.27. The minimum absolute atomic E-state index is 0.162. The molecule has 1 rings (SSSR count). The topological polar surface area (TPSA) is 60.7 Å². The van der Waals surface area contributed by atoms with Gasteiger partial charge in [-0.1, -0.05) is 6.07 Å². The van der Waals surface area contributed by atoms with Crippen LogP contribution in [0.2, 0.25) is 0 Å². The van der Waals surface area contributed by atoms with Gasteiger partial charge in [-0.15, -0.1) is 0 Å². The molecular formula is C12H18O3. The summed E-state index contributed by atoms with van der Waals surface area (Å²) in [5.41, 5.74) is 2.22. The highest BCUT2D eigenvalue weighted by Crippen LogP contribution is 2.19. The molecular weight excluding hydrogens is 192 g/mol. The molecule has 3 nitrogen and oxygen atoms in total. The van der Waals surface area contributed by atoms with Crippen LogP contribution in [0.1, 0.15) is 24.0 Å². The first-order valence-corrected chi connectivity index (χ1v) is 5.30. The standard InChI is InChI=1S/C12H18O3/c13-7-1-3-10-5-6-12(15)9-11(10)4-2-8-14/h5-6,9,13-15H,1-4,7-8H2. The van der Waals surface area contributed by atoms with E-state index in [0.29, 0.717) is 6.42 Å². The second-order valence-electron chi connectivity index (χ2n) is 3.61. The smallest absolute Gasteiger partial charge is 0.115 e. The molecule has 0 atom stereocenters. The van der Waals surface area contributed by atoms with Crippen molar-refractivity contribution in [1.82, 2.24) is 0 Å². The Kier molecular flexibility index (Phi) is 5.15. The van der Waals surface area contributed by atoms with Crippen LogP contribution < -0.4 is 0 Å². The van der Waals surface area contributed by atoms with Gasteiger partial charge in [0.05, 0.1) is 0 Å². The van der Waals surface area contributed by atoms with Gasteiger partial charge in [0, 0.05) is 13.2 Å². The Hall–Kier alpha value is -1.06. The molecule has 0 bridgehead atoms. The molecule has 0 heterocycles. The van der Waals surface area contributed by atoms with Crippen LogP contribution >= 0.6 is 0 Å². The van der Waals surface area contributed by atoms with Gasteiger partial charge in [-0.25, -0.2) is 0 Å². The van der Waals surface area contributed by atoms with Crippen molar-refractivity contribution in [3.05, 3.63) is 29.3 Å². The average molecular weight is 210 g/mol. The second kappa shape index (κ2) is 6.43. The third kappa shape index (κ3) is 3.90. The molecule has 84 valence electrons. The number of aliphatic hydroxyl groups is 2. The lowest BCUT2D eigenvalue weighted by atomic mass is 9.99. The molecule has 3 N–H and O–H groups in total. The number of phenolic OH excluding ortho intramolecular Hbond substituents is 1. The van der Waals surface area contributed by atoms with E-state index in [0.717, 1.165) is 30.4 Å². The van der Waals surface area contributed by atoms with E-state index in [4.69, 9.17) is 10.2 Å². The summed E-state index contributed by atoms with van der Waals surface area (Å²) in [6.45, 7) is 0.343. The van der Waals surface area contributed by atoms with Crippen molar-refractivity contribution in [2.24, 2.45) is 0 Å². The molecule has 0 unspecified atom stereocenters. The Balaban J connectivity index is 2.73. The van der Waals surface area contributed by atoms with Gasteiger partial charge in [-0.3, -0.25) is 0 Å². The van der Waals surface area contributed by atoms with Crippen molar-refractivity contribution in [1.29, 1.82) is 0 Å². The van der Waals surface area contributed by atoms with Crippen molar-refractivity contribution in [2.75, 3.05) is 13.2 Å². The Morgan fingerprint density at radius 1 is 0.867 bits per heavy atom. The van der Waals surface area contributed by atoms with Crippen LogP contribution in [0.5, 0.6) is 5.75 Å². The van der Waals surface area contributed by atoms with Crippen LogP contribution in [-0.4, -0.2) is 28.5 Å². The fourth-order valence-electron chi connectivity index (χ4n) is 1.63. The molecule has 0 aliphatic carbocycles. The molecule has 1 aromatic rings. The van der Waals surface area contributed by atoms with Crippen LogP contribution in [0.4, 0.5) is 0 Å². The fraction of sp³-hybridized carbons (Fsp3) is 0.500. The van der Waals surface area contributed by atoms with E-state index >= 15 is 0 Å². The number of aromatic hydroxyl groups is 1. The molecule has 0 spiro atoms. The molecule has 0 saturated heterocycles. The molecule has 0 amide bonds. The maximum absolute atomic E-state index is 9.35. The van der Waals surface area contributed by atoms with Crippen molar-refractivity contribution >= 4 is 0 Å². The van der Waals surface area contributed by atoms with E-state index in [1.54, 1.807) is 12.1 Å². The maximum atomic E-state index is 9.35. The lowest BCUT2D eigenvalue weighted by Crippen LogP contribution is -1.98. The van der Waals surface area contributed by atoms with Gasteiger partial charge in [0.2, 0.25) is 0 Å². The van der Waals surface area contributed by atoms with Gasteiger partial charge in [-0.05, 0) is 48.9 Å². The summed E-state index contributed by atoms with van der Waals surface area (Å²) in [6, 6.07) is 5.29. The lowest BCUT2D eigenvalue weighted by Gasteiger charge is -2.09. The second-order valence-corrected chi connectivity index (χ2v) is 3.61. The number of hydrogen-bond acceptors (Lipinski definition) is 3. The van der Waals surface area contributed by atoms with Crippen LogP contribution in [0.3, 0.4) is 0 Å². The molecule has 0 aromatic heterocycles. The number of benzene rings is 1. The van der Waals surface area contributed by atoms with E-state index in [1.165, 1.54) is 0 Å². The minimum atomic E-state index is 0.162. The summed E-state index contributed by atoms with van der Waals surface area (Å²) in [7, 11) is 0. The summed E-state index contributed by atoms with van der Waals surface area (Å²) in [5, 5.41) is 26.9. The lowest BCUT2D eigenvalue weighted by molar-refractivity contribution is 0.286. The summed E-state index contributed by atoms with van der Waals surface area (Å²) >= 11 is 0. The molecule has 0 aliphatic rings. The first-order valence-electron chi connectivity index (χ1n) is 5.30. The maximum Gasteiger partial charge on any atom is 0.115 e. The third-order valence-electron chi connectivity index (χ3n) is 2.40. The van der Waals surface area contributed by atoms with Gasteiger partial charge < -0.3 is 15.3 Å². The molecule has 0 aliphatic heterocycles. The summed E-state index contributed by atoms with van der Waals surface area (Å²) in [4.78, 5) is 0. The number of rotatable bonds is 6. The molecule has 1 aromatic carbocycles. The van der Waals surface area contributed by atoms with E-state index < -0.39 is 0 Å². The number of aryl methyl sites for hydroxylation is 2. The Bertz CT molecular complexity index is 297. The molecule has 0 radical (unpaired) electrons. The fourth-order valence-corrected chi connectivity index (χ4v) is 1.63. The Morgan fingerprint density at radius 2 is 1.47 bits per heavy atom. The van der Waals surface area contributed by atoms with Crippen LogP contribution in [0.25, 0.3) is 0 Å². The third-order valence-corrected chi connectivity index (χ3v) is 2.40. The number of hydrogen-bond donors (Lipinski definition) is 3. The van der Waals surface area contributed by atoms with E-state index in [9.17, 15) is 5.11 Å². The van der Waals surface area contributed by atoms with Gasteiger partial charge in [0.15, 0.2) is 0 Å². The van der Waals surface area contributed by atoms with Crippen LogP contribution in [0, 0.1) is 0 Å². The van der Waals surface area contributed by atoms with Crippen molar-refractivity contribution < 1.29 is 15.3 Å². The SMILES string of the molecule is OCCCc1ccc(O)cc1CCCO. The molecule has 0 fully saturated rings. The molecule has 3 heteroatoms. The van der Waals surface area contributed by atoms with Gasteiger partial charge in [0.25, 0.3) is 0 Å². The van der Waals surface area contributed by atoms with E-state index in [2.05, 4.69) is 0 Å². The van der Waals surface area contributed by atoms with E-state index in [1.807, 2.05) is 6.07 Å². The zero-order valence-electron chi connectivity index (χ0n) is 8.82. The van der Waals surface area contributed by atoms with Crippen LogP contribution in [0.15, 0.2) is 18.2 Å². The normalized spacial score (nSPS) is 10.5. The minimum Gasteiger partial charge on any atom is -0.508 e. The first kappa shape index (κ1) is 12.0. The highest BCUT2D eigenvalue weighted by atomic mass is 16.3. The average Bonchev–Trinajstić information content (AvgIpc) is 2.25. The number of phenols is 1. The Labute approximate surface area is 90.0 Å². The van der Waals surface area contributed by atoms with Gasteiger partial charge in [-0.2, -0.15) is 0 Å². The highest BCUT2D eigenvalue weighted by Gasteiger charge is 2.03. The monoisotopic (exact) mass is 210 g/mol. The predicted molar refractivity (Wildman–Crippen MR) is 58.9 cm³/mol. The number of aliphatic hydroxyl groups excluding tert-OH is 2. The quantitative estimate of drug-likeness (QED) is 0.662. The van der Waals surface area contributed by atoms with Crippen molar-refractivity contribution in [2.45, 2.75) is 25.7 Å². The molecule has 15 heavy (non-hydrogen) atoms. The van der Waals surface area contributed by atoms with Gasteiger partial charge in [0.1, 0.15) is 5.75 Å². The Morgan fingerprint density at radius 3 is 2.07 bits per heavy atom. The van der Waals surface area contributed by atoms with Crippen molar-refractivity contribution in [3.8, 4) is 5.75 Å². The largest absolute Gasteiger partial charge is 0.508 e. The predicted octanol–water partition coefficient (Wildman–Crippen LogP) is 1.24. The van der Waals surface area contributed by atoms with Crippen molar-refractivity contribution in [3.63, 3.8) is 0 Å². The zero-order valence-corrected chi connectivity index (χ0v) is 8.82.